The van der Waals surface area contributed by atoms with E-state index in [-0.39, 0.29) is 6.04 Å². The monoisotopic (exact) mass is 305 g/mol. The SMILES string of the molecule is CCCNC(C)c1nnc(CCOc2cccc(C)c2)s1. The number of aromatic nitrogens is 2. The molecule has 0 radical (unpaired) electrons. The Bertz CT molecular complexity index is 556. The average Bonchev–Trinajstić information content (AvgIpc) is 2.94. The minimum absolute atomic E-state index is 0.272. The second-order valence-electron chi connectivity index (χ2n) is 5.12. The molecular formula is C16H23N3OS. The maximum Gasteiger partial charge on any atom is 0.134 e. The molecule has 21 heavy (non-hydrogen) atoms. The van der Waals surface area contributed by atoms with Crippen LogP contribution in [0.15, 0.2) is 24.3 Å². The number of ether oxygens (including phenoxy) is 1. The molecule has 0 aliphatic carbocycles. The largest absolute Gasteiger partial charge is 0.493 e. The molecule has 0 saturated heterocycles. The molecular weight excluding hydrogens is 282 g/mol. The Balaban J connectivity index is 1.80. The molecule has 2 rings (SSSR count). The van der Waals surface area contributed by atoms with Crippen molar-refractivity contribution in [3.05, 3.63) is 39.8 Å². The van der Waals surface area contributed by atoms with E-state index in [4.69, 9.17) is 4.74 Å². The van der Waals surface area contributed by atoms with E-state index in [2.05, 4.69) is 42.4 Å². The van der Waals surface area contributed by atoms with Gasteiger partial charge in [-0.1, -0.05) is 30.4 Å². The van der Waals surface area contributed by atoms with Crippen LogP contribution in [-0.4, -0.2) is 23.3 Å². The molecule has 1 heterocycles. The first kappa shape index (κ1) is 15.9. The standard InChI is InChI=1S/C16H23N3OS/c1-4-9-17-13(3)16-19-18-15(21-16)8-10-20-14-7-5-6-12(2)11-14/h5-7,11,13,17H,4,8-10H2,1-3H3. The Morgan fingerprint density at radius 2 is 2.19 bits per heavy atom. The van der Waals surface area contributed by atoms with E-state index in [1.165, 1.54) is 5.56 Å². The van der Waals surface area contributed by atoms with Crippen molar-refractivity contribution < 1.29 is 4.74 Å². The summed E-state index contributed by atoms with van der Waals surface area (Å²) in [6.07, 6.45) is 1.92. The van der Waals surface area contributed by atoms with Gasteiger partial charge in [-0.15, -0.1) is 10.2 Å². The third-order valence-corrected chi connectivity index (χ3v) is 4.29. The van der Waals surface area contributed by atoms with Gasteiger partial charge in [0.1, 0.15) is 15.8 Å². The summed E-state index contributed by atoms with van der Waals surface area (Å²) in [5.74, 6) is 0.915. The molecule has 0 amide bonds. The van der Waals surface area contributed by atoms with Gasteiger partial charge in [-0.3, -0.25) is 0 Å². The van der Waals surface area contributed by atoms with Gasteiger partial charge in [0.2, 0.25) is 0 Å². The van der Waals surface area contributed by atoms with Crippen molar-refractivity contribution in [2.24, 2.45) is 0 Å². The summed E-state index contributed by atoms with van der Waals surface area (Å²) in [5.41, 5.74) is 1.21. The maximum atomic E-state index is 5.75. The van der Waals surface area contributed by atoms with E-state index in [0.717, 1.165) is 35.2 Å². The van der Waals surface area contributed by atoms with Crippen molar-refractivity contribution in [2.75, 3.05) is 13.2 Å². The third kappa shape index (κ3) is 5.10. The Morgan fingerprint density at radius 1 is 1.33 bits per heavy atom. The van der Waals surface area contributed by atoms with E-state index < -0.39 is 0 Å². The molecule has 5 heteroatoms. The van der Waals surface area contributed by atoms with Crippen molar-refractivity contribution in [2.45, 2.75) is 39.7 Å². The zero-order valence-corrected chi connectivity index (χ0v) is 13.7. The van der Waals surface area contributed by atoms with Gasteiger partial charge in [0, 0.05) is 6.42 Å². The second-order valence-corrected chi connectivity index (χ2v) is 6.22. The zero-order chi connectivity index (χ0) is 15.1. The Labute approximate surface area is 130 Å². The van der Waals surface area contributed by atoms with Crippen molar-refractivity contribution in [1.82, 2.24) is 15.5 Å². The lowest BCUT2D eigenvalue weighted by atomic mass is 10.2. The highest BCUT2D eigenvalue weighted by Gasteiger charge is 2.11. The van der Waals surface area contributed by atoms with Gasteiger partial charge < -0.3 is 10.1 Å². The molecule has 1 aromatic carbocycles. The fourth-order valence-corrected chi connectivity index (χ4v) is 2.80. The van der Waals surface area contributed by atoms with Crippen LogP contribution >= 0.6 is 11.3 Å². The minimum Gasteiger partial charge on any atom is -0.493 e. The number of nitrogens with zero attached hydrogens (tertiary/aromatic N) is 2. The van der Waals surface area contributed by atoms with Crippen molar-refractivity contribution >= 4 is 11.3 Å². The van der Waals surface area contributed by atoms with Crippen molar-refractivity contribution in [1.29, 1.82) is 0 Å². The molecule has 1 unspecified atom stereocenters. The Hall–Kier alpha value is -1.46. The first-order valence-electron chi connectivity index (χ1n) is 7.44. The molecule has 0 aliphatic heterocycles. The lowest BCUT2D eigenvalue weighted by molar-refractivity contribution is 0.321. The number of aryl methyl sites for hydroxylation is 1. The molecule has 0 saturated carbocycles. The van der Waals surface area contributed by atoms with Crippen LogP contribution in [-0.2, 0) is 6.42 Å². The predicted octanol–water partition coefficient (Wildman–Crippen LogP) is 3.53. The van der Waals surface area contributed by atoms with Crippen LogP contribution in [0, 0.1) is 6.92 Å². The topological polar surface area (TPSA) is 47.0 Å². The van der Waals surface area contributed by atoms with Crippen LogP contribution in [0.3, 0.4) is 0 Å². The first-order valence-corrected chi connectivity index (χ1v) is 8.26. The average molecular weight is 305 g/mol. The molecule has 0 spiro atoms. The minimum atomic E-state index is 0.272. The van der Waals surface area contributed by atoms with Gasteiger partial charge in [-0.05, 0) is 44.5 Å². The number of rotatable bonds is 8. The van der Waals surface area contributed by atoms with E-state index in [0.29, 0.717) is 6.61 Å². The van der Waals surface area contributed by atoms with E-state index in [9.17, 15) is 0 Å². The smallest absolute Gasteiger partial charge is 0.134 e. The molecule has 0 aliphatic rings. The summed E-state index contributed by atoms with van der Waals surface area (Å²) in [5, 5.41) is 14.0. The van der Waals surface area contributed by atoms with Crippen LogP contribution in [0.1, 0.15) is 41.9 Å². The molecule has 2 aromatic rings. The van der Waals surface area contributed by atoms with Crippen LogP contribution in [0.5, 0.6) is 5.75 Å². The number of benzene rings is 1. The Morgan fingerprint density at radius 3 is 2.95 bits per heavy atom. The van der Waals surface area contributed by atoms with Crippen LogP contribution in [0.25, 0.3) is 0 Å². The van der Waals surface area contributed by atoms with Gasteiger partial charge >= 0.3 is 0 Å². The third-order valence-electron chi connectivity index (χ3n) is 3.13. The molecule has 4 nitrogen and oxygen atoms in total. The quantitative estimate of drug-likeness (QED) is 0.810. The summed E-state index contributed by atoms with van der Waals surface area (Å²) in [4.78, 5) is 0. The number of nitrogens with one attached hydrogen (secondary N) is 1. The van der Waals surface area contributed by atoms with Crippen LogP contribution in [0.2, 0.25) is 0 Å². The van der Waals surface area contributed by atoms with Crippen molar-refractivity contribution in [3.8, 4) is 5.75 Å². The van der Waals surface area contributed by atoms with Gasteiger partial charge in [0.15, 0.2) is 0 Å². The highest BCUT2D eigenvalue weighted by Crippen LogP contribution is 2.18. The summed E-state index contributed by atoms with van der Waals surface area (Å²) in [6, 6.07) is 8.37. The summed E-state index contributed by atoms with van der Waals surface area (Å²) < 4.78 is 5.75. The summed E-state index contributed by atoms with van der Waals surface area (Å²) in [6.45, 7) is 7.99. The highest BCUT2D eigenvalue weighted by atomic mass is 32.1. The van der Waals surface area contributed by atoms with Gasteiger partial charge in [-0.2, -0.15) is 0 Å². The van der Waals surface area contributed by atoms with Gasteiger partial charge in [-0.25, -0.2) is 0 Å². The van der Waals surface area contributed by atoms with E-state index in [1.807, 2.05) is 18.2 Å². The second kappa shape index (κ2) is 8.10. The summed E-state index contributed by atoms with van der Waals surface area (Å²) in [7, 11) is 0. The molecule has 0 bridgehead atoms. The van der Waals surface area contributed by atoms with Crippen molar-refractivity contribution in [3.63, 3.8) is 0 Å². The lowest BCUT2D eigenvalue weighted by Gasteiger charge is -2.08. The zero-order valence-electron chi connectivity index (χ0n) is 12.9. The normalized spacial score (nSPS) is 12.3. The molecule has 1 aromatic heterocycles. The molecule has 0 fully saturated rings. The Kier molecular flexibility index (Phi) is 6.14. The maximum absolute atomic E-state index is 5.75. The van der Waals surface area contributed by atoms with E-state index in [1.54, 1.807) is 11.3 Å². The molecule has 1 N–H and O–H groups in total. The fraction of sp³-hybridized carbons (Fsp3) is 0.500. The van der Waals surface area contributed by atoms with Gasteiger partial charge in [0.25, 0.3) is 0 Å². The first-order chi connectivity index (χ1) is 10.2. The van der Waals surface area contributed by atoms with Crippen LogP contribution in [0.4, 0.5) is 0 Å². The molecule has 1 atom stereocenters. The highest BCUT2D eigenvalue weighted by molar-refractivity contribution is 7.11. The molecule has 114 valence electrons. The summed E-state index contributed by atoms with van der Waals surface area (Å²) >= 11 is 1.66. The van der Waals surface area contributed by atoms with Gasteiger partial charge in [0.05, 0.1) is 12.6 Å². The fourth-order valence-electron chi connectivity index (χ4n) is 1.95. The number of hydrogen-bond donors (Lipinski definition) is 1. The van der Waals surface area contributed by atoms with Crippen LogP contribution < -0.4 is 10.1 Å². The lowest BCUT2D eigenvalue weighted by Crippen LogP contribution is -2.19. The number of hydrogen-bond acceptors (Lipinski definition) is 5. The predicted molar refractivity (Wildman–Crippen MR) is 87.0 cm³/mol. The van der Waals surface area contributed by atoms with E-state index >= 15 is 0 Å².